The molecule has 1 aromatic carbocycles. The first-order valence-corrected chi connectivity index (χ1v) is 12.0. The summed E-state index contributed by atoms with van der Waals surface area (Å²) in [5.74, 6) is 1.91. The van der Waals surface area contributed by atoms with E-state index in [0.29, 0.717) is 11.8 Å². The second-order valence-corrected chi connectivity index (χ2v) is 8.96. The van der Waals surface area contributed by atoms with Gasteiger partial charge in [-0.05, 0) is 61.6 Å². The second-order valence-electron chi connectivity index (χ2n) is 8.96. The van der Waals surface area contributed by atoms with Crippen LogP contribution in [0.2, 0.25) is 0 Å². The quantitative estimate of drug-likeness (QED) is 0.272. The van der Waals surface area contributed by atoms with Crippen molar-refractivity contribution in [1.82, 2.24) is 0 Å². The lowest BCUT2D eigenvalue weighted by Crippen LogP contribution is -2.32. The fraction of sp³-hybridized carbons (Fsp3) is 0.731. The average Bonchev–Trinajstić information content (AvgIpc) is 2.74. The molecule has 1 aliphatic rings. The molecule has 0 aliphatic heterocycles. The summed E-state index contributed by atoms with van der Waals surface area (Å²) in [4.78, 5) is 12.1. The van der Waals surface area contributed by atoms with E-state index in [1.165, 1.54) is 37.7 Å². The van der Waals surface area contributed by atoms with Crippen LogP contribution in [-0.2, 0) is 9.53 Å². The highest BCUT2D eigenvalue weighted by Crippen LogP contribution is 2.38. The zero-order valence-corrected chi connectivity index (χ0v) is 19.1. The summed E-state index contributed by atoms with van der Waals surface area (Å²) >= 11 is 0. The number of esters is 1. The summed E-state index contributed by atoms with van der Waals surface area (Å²) in [7, 11) is 0. The summed E-state index contributed by atoms with van der Waals surface area (Å²) in [6.07, 6.45) is 11.8. The van der Waals surface area contributed by atoms with Gasteiger partial charge in [-0.2, -0.15) is 0 Å². The Hall–Kier alpha value is -1.51. The number of carbonyl (C=O) groups is 1. The summed E-state index contributed by atoms with van der Waals surface area (Å²) in [6, 6.07) is 8.68. The Bertz CT molecular complexity index is 580. The van der Waals surface area contributed by atoms with E-state index < -0.39 is 0 Å². The molecule has 0 spiro atoms. The van der Waals surface area contributed by atoms with Gasteiger partial charge in [0.25, 0.3) is 0 Å². The van der Waals surface area contributed by atoms with Crippen molar-refractivity contribution in [3.05, 3.63) is 29.8 Å². The minimum absolute atomic E-state index is 0.00353. The van der Waals surface area contributed by atoms with Crippen molar-refractivity contribution in [2.24, 2.45) is 11.8 Å². The third-order valence-corrected chi connectivity index (χ3v) is 6.49. The number of hydrogen-bond donors (Lipinski definition) is 0. The van der Waals surface area contributed by atoms with Crippen molar-refractivity contribution >= 4 is 5.97 Å². The third-order valence-electron chi connectivity index (χ3n) is 6.49. The van der Waals surface area contributed by atoms with Crippen LogP contribution in [0.3, 0.4) is 0 Å². The lowest BCUT2D eigenvalue weighted by Gasteiger charge is -2.34. The molecule has 0 bridgehead atoms. The topological polar surface area (TPSA) is 35.5 Å². The first kappa shape index (κ1) is 23.8. The molecule has 1 saturated carbocycles. The fourth-order valence-electron chi connectivity index (χ4n) is 4.19. The Morgan fingerprint density at radius 1 is 1.03 bits per heavy atom. The molecule has 0 amide bonds. The standard InChI is InChI=1S/C26H42O3/c1-5-7-8-9-10-11-18-28-24-15-12-22(13-16-24)23-14-17-25(21(4)19-23)29-26(27)20(3)6-2/h12-13,15-16,20-21,23,25H,5-11,14,17-19H2,1-4H3. The van der Waals surface area contributed by atoms with Gasteiger partial charge in [-0.3, -0.25) is 4.79 Å². The van der Waals surface area contributed by atoms with Gasteiger partial charge in [-0.25, -0.2) is 0 Å². The van der Waals surface area contributed by atoms with Crippen molar-refractivity contribution in [3.8, 4) is 5.75 Å². The van der Waals surface area contributed by atoms with Gasteiger partial charge in [0, 0.05) is 0 Å². The average molecular weight is 403 g/mol. The molecular formula is C26H42O3. The molecule has 2 rings (SSSR count). The number of ether oxygens (including phenoxy) is 2. The normalized spacial score (nSPS) is 22.8. The molecule has 29 heavy (non-hydrogen) atoms. The van der Waals surface area contributed by atoms with E-state index >= 15 is 0 Å². The minimum Gasteiger partial charge on any atom is -0.494 e. The number of hydrogen-bond acceptors (Lipinski definition) is 3. The number of benzene rings is 1. The van der Waals surface area contributed by atoms with Crippen molar-refractivity contribution in [3.63, 3.8) is 0 Å². The maximum atomic E-state index is 12.1. The van der Waals surface area contributed by atoms with Gasteiger partial charge in [0.15, 0.2) is 0 Å². The molecular weight excluding hydrogens is 360 g/mol. The molecule has 3 heteroatoms. The Morgan fingerprint density at radius 3 is 2.38 bits per heavy atom. The van der Waals surface area contributed by atoms with Crippen LogP contribution >= 0.6 is 0 Å². The lowest BCUT2D eigenvalue weighted by atomic mass is 9.77. The van der Waals surface area contributed by atoms with E-state index in [-0.39, 0.29) is 18.0 Å². The third kappa shape index (κ3) is 8.03. The predicted octanol–water partition coefficient (Wildman–Crippen LogP) is 7.29. The van der Waals surface area contributed by atoms with Crippen molar-refractivity contribution < 1.29 is 14.3 Å². The molecule has 0 N–H and O–H groups in total. The van der Waals surface area contributed by atoms with Crippen LogP contribution in [0.5, 0.6) is 5.75 Å². The molecule has 1 aromatic rings. The summed E-state index contributed by atoms with van der Waals surface area (Å²) < 4.78 is 11.7. The molecule has 4 unspecified atom stereocenters. The van der Waals surface area contributed by atoms with Crippen LogP contribution in [-0.4, -0.2) is 18.7 Å². The molecule has 0 radical (unpaired) electrons. The SMILES string of the molecule is CCCCCCCCOc1ccc(C2CCC(OC(=O)C(C)CC)C(C)C2)cc1. The maximum Gasteiger partial charge on any atom is 0.308 e. The van der Waals surface area contributed by atoms with Crippen LogP contribution < -0.4 is 4.74 Å². The van der Waals surface area contributed by atoms with E-state index in [4.69, 9.17) is 9.47 Å². The number of rotatable bonds is 12. The molecule has 1 fully saturated rings. The summed E-state index contributed by atoms with van der Waals surface area (Å²) in [5, 5.41) is 0. The summed E-state index contributed by atoms with van der Waals surface area (Å²) in [5.41, 5.74) is 1.38. The van der Waals surface area contributed by atoms with Gasteiger partial charge in [0.05, 0.1) is 12.5 Å². The van der Waals surface area contributed by atoms with E-state index in [2.05, 4.69) is 38.1 Å². The van der Waals surface area contributed by atoms with Gasteiger partial charge >= 0.3 is 5.97 Å². The van der Waals surface area contributed by atoms with Gasteiger partial charge < -0.3 is 9.47 Å². The number of carbonyl (C=O) groups excluding carboxylic acids is 1. The van der Waals surface area contributed by atoms with Crippen LogP contribution in [0.25, 0.3) is 0 Å². The molecule has 0 saturated heterocycles. The fourth-order valence-corrected chi connectivity index (χ4v) is 4.19. The van der Waals surface area contributed by atoms with Gasteiger partial charge in [-0.15, -0.1) is 0 Å². The van der Waals surface area contributed by atoms with E-state index in [9.17, 15) is 4.79 Å². The molecule has 3 nitrogen and oxygen atoms in total. The Morgan fingerprint density at radius 2 is 1.72 bits per heavy atom. The Kier molecular flexibility index (Phi) is 10.6. The van der Waals surface area contributed by atoms with Crippen LogP contribution in [0, 0.1) is 11.8 Å². The number of unbranched alkanes of at least 4 members (excludes halogenated alkanes) is 5. The van der Waals surface area contributed by atoms with E-state index in [1.54, 1.807) is 0 Å². The zero-order valence-electron chi connectivity index (χ0n) is 19.1. The Balaban J connectivity index is 1.73. The first-order valence-electron chi connectivity index (χ1n) is 12.0. The molecule has 164 valence electrons. The second kappa shape index (κ2) is 12.9. The molecule has 0 heterocycles. The first-order chi connectivity index (χ1) is 14.0. The zero-order chi connectivity index (χ0) is 21.1. The highest BCUT2D eigenvalue weighted by atomic mass is 16.5. The monoisotopic (exact) mass is 402 g/mol. The van der Waals surface area contributed by atoms with Crippen molar-refractivity contribution in [2.45, 2.75) is 104 Å². The van der Waals surface area contributed by atoms with Gasteiger partial charge in [0.1, 0.15) is 11.9 Å². The highest BCUT2D eigenvalue weighted by molar-refractivity contribution is 5.72. The van der Waals surface area contributed by atoms with E-state index in [0.717, 1.165) is 44.5 Å². The largest absolute Gasteiger partial charge is 0.494 e. The molecule has 4 atom stereocenters. The van der Waals surface area contributed by atoms with Crippen molar-refractivity contribution in [2.75, 3.05) is 6.61 Å². The Labute approximate surface area is 178 Å². The van der Waals surface area contributed by atoms with Crippen LogP contribution in [0.4, 0.5) is 0 Å². The van der Waals surface area contributed by atoms with Gasteiger partial charge in [-0.1, -0.05) is 71.9 Å². The molecule has 1 aliphatic carbocycles. The highest BCUT2D eigenvalue weighted by Gasteiger charge is 2.31. The lowest BCUT2D eigenvalue weighted by molar-refractivity contribution is -0.158. The van der Waals surface area contributed by atoms with Gasteiger partial charge in [0.2, 0.25) is 0 Å². The molecule has 0 aromatic heterocycles. The van der Waals surface area contributed by atoms with E-state index in [1.807, 2.05) is 13.8 Å². The predicted molar refractivity (Wildman–Crippen MR) is 120 cm³/mol. The maximum absolute atomic E-state index is 12.1. The minimum atomic E-state index is -0.0327. The van der Waals surface area contributed by atoms with Crippen LogP contribution in [0.1, 0.15) is 103 Å². The smallest absolute Gasteiger partial charge is 0.308 e. The van der Waals surface area contributed by atoms with Crippen LogP contribution in [0.15, 0.2) is 24.3 Å². The summed E-state index contributed by atoms with van der Waals surface area (Å²) in [6.45, 7) is 9.28. The van der Waals surface area contributed by atoms with Crippen molar-refractivity contribution in [1.29, 1.82) is 0 Å².